The summed E-state index contributed by atoms with van der Waals surface area (Å²) in [6.07, 6.45) is 0.397. The molecule has 4 rings (SSSR count). The van der Waals surface area contributed by atoms with E-state index in [0.29, 0.717) is 19.4 Å². The lowest BCUT2D eigenvalue weighted by Crippen LogP contribution is -2.55. The number of carbonyl (C=O) groups excluding carboxylic acids is 2. The van der Waals surface area contributed by atoms with Crippen molar-refractivity contribution in [1.82, 2.24) is 10.2 Å². The summed E-state index contributed by atoms with van der Waals surface area (Å²) in [5, 5.41) is 22.1. The molecule has 2 amide bonds. The van der Waals surface area contributed by atoms with Gasteiger partial charge >= 0.3 is 12.1 Å². The Bertz CT molecular complexity index is 1040. The van der Waals surface area contributed by atoms with Gasteiger partial charge in [0.05, 0.1) is 6.54 Å². The second-order valence-corrected chi connectivity index (χ2v) is 9.14. The summed E-state index contributed by atoms with van der Waals surface area (Å²) in [4.78, 5) is 37.7. The highest BCUT2D eigenvalue weighted by atomic mass is 16.5. The highest BCUT2D eigenvalue weighted by molar-refractivity contribution is 5.82. The van der Waals surface area contributed by atoms with Crippen molar-refractivity contribution in [1.29, 1.82) is 0 Å². The van der Waals surface area contributed by atoms with E-state index in [1.165, 1.54) is 4.90 Å². The monoisotopic (exact) mass is 466 g/mol. The van der Waals surface area contributed by atoms with E-state index in [4.69, 9.17) is 4.74 Å². The lowest BCUT2D eigenvalue weighted by Gasteiger charge is -2.37. The van der Waals surface area contributed by atoms with Crippen LogP contribution in [0.4, 0.5) is 4.79 Å². The van der Waals surface area contributed by atoms with Gasteiger partial charge in [-0.3, -0.25) is 4.79 Å². The largest absolute Gasteiger partial charge is 0.479 e. The molecule has 8 heteroatoms. The van der Waals surface area contributed by atoms with Crippen molar-refractivity contribution in [2.24, 2.45) is 5.92 Å². The molecule has 0 aromatic heterocycles. The number of carboxylic acids is 1. The number of aliphatic carboxylic acids is 1. The van der Waals surface area contributed by atoms with E-state index >= 15 is 0 Å². The van der Waals surface area contributed by atoms with Gasteiger partial charge in [-0.1, -0.05) is 55.5 Å². The van der Waals surface area contributed by atoms with E-state index < -0.39 is 23.6 Å². The summed E-state index contributed by atoms with van der Waals surface area (Å²) in [5.74, 6) is -1.99. The Labute approximate surface area is 198 Å². The van der Waals surface area contributed by atoms with Gasteiger partial charge in [-0.25, -0.2) is 9.59 Å². The summed E-state index contributed by atoms with van der Waals surface area (Å²) in [5.41, 5.74) is 2.70. The number of likely N-dealkylation sites (tertiary alicyclic amines) is 1. The summed E-state index contributed by atoms with van der Waals surface area (Å²) in [6.45, 7) is 2.40. The van der Waals surface area contributed by atoms with Gasteiger partial charge in [0.2, 0.25) is 5.91 Å². The first-order chi connectivity index (χ1) is 16.3. The van der Waals surface area contributed by atoms with Crippen molar-refractivity contribution >= 4 is 18.0 Å². The maximum absolute atomic E-state index is 12.7. The zero-order chi connectivity index (χ0) is 24.3. The van der Waals surface area contributed by atoms with Crippen LogP contribution in [-0.4, -0.2) is 64.9 Å². The number of benzene rings is 2. The predicted octanol–water partition coefficient (Wildman–Crippen LogP) is 2.99. The molecule has 1 saturated heterocycles. The van der Waals surface area contributed by atoms with E-state index in [2.05, 4.69) is 29.6 Å². The van der Waals surface area contributed by atoms with Crippen molar-refractivity contribution in [3.05, 3.63) is 59.7 Å². The van der Waals surface area contributed by atoms with Crippen LogP contribution < -0.4 is 5.32 Å². The molecule has 34 heavy (non-hydrogen) atoms. The minimum Gasteiger partial charge on any atom is -0.479 e. The molecular formula is C26H30N2O6. The number of nitrogens with zero attached hydrogens (tertiary/aromatic N) is 1. The van der Waals surface area contributed by atoms with Crippen molar-refractivity contribution in [2.75, 3.05) is 26.2 Å². The zero-order valence-corrected chi connectivity index (χ0v) is 19.2. The van der Waals surface area contributed by atoms with Gasteiger partial charge < -0.3 is 25.2 Å². The fraction of sp³-hybridized carbons (Fsp3) is 0.423. The lowest BCUT2D eigenvalue weighted by molar-refractivity contribution is -0.167. The first kappa shape index (κ1) is 23.8. The highest BCUT2D eigenvalue weighted by Gasteiger charge is 2.42. The third kappa shape index (κ3) is 4.77. The number of hydrogen-bond acceptors (Lipinski definition) is 5. The summed E-state index contributed by atoms with van der Waals surface area (Å²) in [7, 11) is 0. The average Bonchev–Trinajstić information content (AvgIpc) is 3.16. The number of carboxylic acid groups (broad SMARTS) is 1. The molecule has 2 unspecified atom stereocenters. The van der Waals surface area contributed by atoms with Crippen LogP contribution in [0.1, 0.15) is 43.2 Å². The van der Waals surface area contributed by atoms with Crippen LogP contribution in [0.2, 0.25) is 0 Å². The van der Waals surface area contributed by atoms with Gasteiger partial charge in [-0.2, -0.15) is 0 Å². The van der Waals surface area contributed by atoms with E-state index in [1.54, 1.807) is 6.92 Å². The molecule has 2 aliphatic rings. The van der Waals surface area contributed by atoms with Crippen LogP contribution in [0.15, 0.2) is 48.5 Å². The number of amides is 2. The number of fused-ring (bicyclic) bond motifs is 3. The van der Waals surface area contributed by atoms with Crippen molar-refractivity contribution in [3.8, 4) is 11.1 Å². The van der Waals surface area contributed by atoms with E-state index in [-0.39, 0.29) is 37.9 Å². The third-order valence-electron chi connectivity index (χ3n) is 6.79. The van der Waals surface area contributed by atoms with Crippen LogP contribution in [0.5, 0.6) is 0 Å². The molecule has 0 bridgehead atoms. The SMILES string of the molecule is CC(CCNC(=O)OCC1c2ccccc2-c2ccccc21)C(=O)N1CCCC(O)(C(=O)O)C1. The molecule has 3 N–H and O–H groups in total. The van der Waals surface area contributed by atoms with E-state index in [0.717, 1.165) is 22.3 Å². The molecule has 2 atom stereocenters. The second-order valence-electron chi connectivity index (χ2n) is 9.14. The summed E-state index contributed by atoms with van der Waals surface area (Å²) in [6, 6.07) is 16.2. The minimum absolute atomic E-state index is 0.0225. The van der Waals surface area contributed by atoms with Crippen LogP contribution in [0.3, 0.4) is 0 Å². The van der Waals surface area contributed by atoms with Gasteiger partial charge in [0, 0.05) is 24.9 Å². The second kappa shape index (κ2) is 9.85. The summed E-state index contributed by atoms with van der Waals surface area (Å²) >= 11 is 0. The number of aliphatic hydroxyl groups is 1. The maximum atomic E-state index is 12.7. The molecule has 0 saturated carbocycles. The predicted molar refractivity (Wildman–Crippen MR) is 125 cm³/mol. The van der Waals surface area contributed by atoms with Gasteiger partial charge in [0.1, 0.15) is 6.61 Å². The number of nitrogens with one attached hydrogen (secondary N) is 1. The van der Waals surface area contributed by atoms with E-state index in [1.807, 2.05) is 24.3 Å². The van der Waals surface area contributed by atoms with Crippen LogP contribution in [0.25, 0.3) is 11.1 Å². The van der Waals surface area contributed by atoms with Gasteiger partial charge in [0.15, 0.2) is 5.60 Å². The standard InChI is InChI=1S/C26H30N2O6/c1-17(23(29)28-14-6-12-26(33,16-28)24(30)31)11-13-27-25(32)34-15-22-20-9-4-2-7-18(20)19-8-3-5-10-21(19)22/h2-5,7-10,17,22,33H,6,11-16H2,1H3,(H,27,32)(H,30,31). The van der Waals surface area contributed by atoms with Gasteiger partial charge in [-0.15, -0.1) is 0 Å². The Kier molecular flexibility index (Phi) is 6.88. The Morgan fingerprint density at radius 3 is 2.35 bits per heavy atom. The normalized spacial score (nSPS) is 20.2. The topological polar surface area (TPSA) is 116 Å². The Hall–Kier alpha value is -3.39. The highest BCUT2D eigenvalue weighted by Crippen LogP contribution is 2.44. The third-order valence-corrected chi connectivity index (χ3v) is 6.79. The number of carbonyl (C=O) groups is 3. The Morgan fingerprint density at radius 1 is 1.12 bits per heavy atom. The number of alkyl carbamates (subject to hydrolysis) is 1. The van der Waals surface area contributed by atoms with Crippen molar-refractivity contribution < 1.29 is 29.3 Å². The van der Waals surface area contributed by atoms with Crippen LogP contribution >= 0.6 is 0 Å². The first-order valence-corrected chi connectivity index (χ1v) is 11.6. The minimum atomic E-state index is -1.90. The Morgan fingerprint density at radius 2 is 1.74 bits per heavy atom. The van der Waals surface area contributed by atoms with Crippen molar-refractivity contribution in [3.63, 3.8) is 0 Å². The summed E-state index contributed by atoms with van der Waals surface area (Å²) < 4.78 is 5.51. The quantitative estimate of drug-likeness (QED) is 0.578. The van der Waals surface area contributed by atoms with Crippen LogP contribution in [-0.2, 0) is 14.3 Å². The molecule has 2 aromatic rings. The molecule has 0 radical (unpaired) electrons. The molecule has 8 nitrogen and oxygen atoms in total. The number of rotatable bonds is 7. The smallest absolute Gasteiger partial charge is 0.407 e. The molecule has 1 aliphatic carbocycles. The lowest BCUT2D eigenvalue weighted by atomic mass is 9.92. The number of hydrogen-bond donors (Lipinski definition) is 3. The maximum Gasteiger partial charge on any atom is 0.407 e. The van der Waals surface area contributed by atoms with Gasteiger partial charge in [-0.05, 0) is 41.5 Å². The number of β-amino-alcohol motifs (C(OH)–C–C–N with tert-alkyl or cyclic N) is 1. The zero-order valence-electron chi connectivity index (χ0n) is 19.2. The molecule has 0 spiro atoms. The molecular weight excluding hydrogens is 436 g/mol. The number of ether oxygens (including phenoxy) is 1. The molecule has 2 aromatic carbocycles. The first-order valence-electron chi connectivity index (χ1n) is 11.6. The molecule has 1 aliphatic heterocycles. The molecule has 180 valence electrons. The Balaban J connectivity index is 1.25. The molecule has 1 heterocycles. The van der Waals surface area contributed by atoms with Crippen LogP contribution in [0, 0.1) is 5.92 Å². The van der Waals surface area contributed by atoms with Gasteiger partial charge in [0.25, 0.3) is 0 Å². The van der Waals surface area contributed by atoms with E-state index in [9.17, 15) is 24.6 Å². The fourth-order valence-corrected chi connectivity index (χ4v) is 4.87. The average molecular weight is 467 g/mol. The van der Waals surface area contributed by atoms with Crippen molar-refractivity contribution in [2.45, 2.75) is 37.7 Å². The molecule has 1 fully saturated rings. The number of piperidine rings is 1. The fourth-order valence-electron chi connectivity index (χ4n) is 4.87.